The molecule has 2 rings (SSSR count). The van der Waals surface area contributed by atoms with Gasteiger partial charge in [0.05, 0.1) is 4.90 Å². The summed E-state index contributed by atoms with van der Waals surface area (Å²) in [5.41, 5.74) is 1.66. The third kappa shape index (κ3) is 3.50. The van der Waals surface area contributed by atoms with Crippen molar-refractivity contribution >= 4 is 9.84 Å². The van der Waals surface area contributed by atoms with Crippen LogP contribution in [0.4, 0.5) is 0 Å². The Kier molecular flexibility index (Phi) is 4.99. The number of rotatable bonds is 6. The summed E-state index contributed by atoms with van der Waals surface area (Å²) in [5.74, 6) is 0.685. The van der Waals surface area contributed by atoms with E-state index in [2.05, 4.69) is 13.2 Å². The number of allylic oxidation sites excluding steroid dienone is 1. The number of benzene rings is 2. The van der Waals surface area contributed by atoms with E-state index in [1.807, 2.05) is 24.3 Å². The van der Waals surface area contributed by atoms with Gasteiger partial charge in [0.25, 0.3) is 0 Å². The smallest absolute Gasteiger partial charge is 0.216 e. The van der Waals surface area contributed by atoms with Crippen LogP contribution in [0.25, 0.3) is 11.1 Å². The number of sulfone groups is 1. The van der Waals surface area contributed by atoms with Crippen LogP contribution in [0, 0.1) is 11.3 Å². The summed E-state index contributed by atoms with van der Waals surface area (Å²) < 4.78 is 29.7. The summed E-state index contributed by atoms with van der Waals surface area (Å²) in [6.07, 6.45) is 1.65. The fourth-order valence-corrected chi connectivity index (χ4v) is 2.89. The average Bonchev–Trinajstić information content (AvgIpc) is 2.59. The van der Waals surface area contributed by atoms with Gasteiger partial charge in [0.2, 0.25) is 9.84 Å². The lowest BCUT2D eigenvalue weighted by Gasteiger charge is -2.11. The second-order valence-corrected chi connectivity index (χ2v) is 6.63. The Balaban J connectivity index is 2.40. The van der Waals surface area contributed by atoms with Gasteiger partial charge in [0.1, 0.15) is 23.3 Å². The molecule has 0 atom stereocenters. The van der Waals surface area contributed by atoms with E-state index >= 15 is 0 Å². The monoisotopic (exact) mass is 325 g/mol. The number of ether oxygens (including phenoxy) is 1. The number of nitriles is 1. The number of nitrogens with zero attached hydrogens (tertiary/aromatic N) is 1. The molecule has 0 aliphatic heterocycles. The van der Waals surface area contributed by atoms with Gasteiger partial charge in [0, 0.05) is 5.56 Å². The van der Waals surface area contributed by atoms with Crippen molar-refractivity contribution in [1.82, 2.24) is 0 Å². The molecule has 0 amide bonds. The first kappa shape index (κ1) is 16.5. The van der Waals surface area contributed by atoms with Crippen molar-refractivity contribution in [1.29, 1.82) is 5.26 Å². The van der Waals surface area contributed by atoms with Crippen LogP contribution in [0.5, 0.6) is 5.75 Å². The molecule has 2 aromatic rings. The minimum absolute atomic E-state index is 0.0392. The molecule has 0 spiro atoms. The van der Waals surface area contributed by atoms with Crippen molar-refractivity contribution in [3.8, 4) is 22.9 Å². The van der Waals surface area contributed by atoms with Crippen LogP contribution in [0.15, 0.2) is 77.6 Å². The lowest BCUT2D eigenvalue weighted by Crippen LogP contribution is -2.02. The predicted octanol–water partition coefficient (Wildman–Crippen LogP) is 3.73. The van der Waals surface area contributed by atoms with Crippen LogP contribution >= 0.6 is 0 Å². The first-order valence-corrected chi connectivity index (χ1v) is 8.26. The van der Waals surface area contributed by atoms with E-state index in [1.165, 1.54) is 12.1 Å². The van der Waals surface area contributed by atoms with Crippen molar-refractivity contribution in [2.24, 2.45) is 0 Å². The summed E-state index contributed by atoms with van der Waals surface area (Å²) >= 11 is 0. The van der Waals surface area contributed by atoms with E-state index in [0.717, 1.165) is 11.1 Å². The largest absolute Gasteiger partial charge is 0.489 e. The predicted molar refractivity (Wildman–Crippen MR) is 89.5 cm³/mol. The summed E-state index contributed by atoms with van der Waals surface area (Å²) in [7, 11) is -3.81. The highest BCUT2D eigenvalue weighted by atomic mass is 32.2. The van der Waals surface area contributed by atoms with E-state index in [4.69, 9.17) is 10.00 Å². The van der Waals surface area contributed by atoms with Crippen LogP contribution in [-0.2, 0) is 9.84 Å². The lowest BCUT2D eigenvalue weighted by molar-refractivity contribution is 0.365. The molecule has 0 fully saturated rings. The summed E-state index contributed by atoms with van der Waals surface area (Å²) in [5, 5.41) is 8.73. The molecule has 0 saturated heterocycles. The van der Waals surface area contributed by atoms with E-state index in [9.17, 15) is 8.42 Å². The van der Waals surface area contributed by atoms with Crippen molar-refractivity contribution in [3.05, 3.63) is 72.7 Å². The zero-order valence-corrected chi connectivity index (χ0v) is 13.2. The molecule has 0 bridgehead atoms. The van der Waals surface area contributed by atoms with Gasteiger partial charge in [-0.15, -0.1) is 0 Å². The van der Waals surface area contributed by atoms with Gasteiger partial charge in [-0.25, -0.2) is 8.42 Å². The average molecular weight is 325 g/mol. The van der Waals surface area contributed by atoms with Gasteiger partial charge < -0.3 is 4.74 Å². The minimum atomic E-state index is -3.81. The van der Waals surface area contributed by atoms with Crippen molar-refractivity contribution in [2.75, 3.05) is 6.61 Å². The molecule has 0 aliphatic carbocycles. The Labute approximate surface area is 135 Å². The number of hydrogen-bond donors (Lipinski definition) is 0. The van der Waals surface area contributed by atoms with E-state index in [1.54, 1.807) is 24.3 Å². The van der Waals surface area contributed by atoms with Crippen LogP contribution in [0.3, 0.4) is 0 Å². The quantitative estimate of drug-likeness (QED) is 0.599. The fourth-order valence-electron chi connectivity index (χ4n) is 2.00. The third-order valence-corrected chi connectivity index (χ3v) is 4.80. The molecule has 0 aliphatic rings. The minimum Gasteiger partial charge on any atom is -0.489 e. The zero-order chi connectivity index (χ0) is 16.9. The standard InChI is InChI=1S/C18H15NO3S/c1-3-12-22-18-7-5-4-6-17(18)15-8-10-16(11-9-15)23(20,21)14(2)13-19/h3-11H,1-2,12H2. The normalized spacial score (nSPS) is 10.6. The third-order valence-electron chi connectivity index (χ3n) is 3.17. The van der Waals surface area contributed by atoms with Gasteiger partial charge >= 0.3 is 0 Å². The van der Waals surface area contributed by atoms with Gasteiger partial charge in [-0.05, 0) is 23.8 Å². The molecule has 23 heavy (non-hydrogen) atoms. The second kappa shape index (κ2) is 6.95. The molecule has 0 N–H and O–H groups in total. The summed E-state index contributed by atoms with van der Waals surface area (Å²) in [6, 6.07) is 15.3. The van der Waals surface area contributed by atoms with Gasteiger partial charge in [-0.2, -0.15) is 5.26 Å². The molecule has 0 saturated carbocycles. The Morgan fingerprint density at radius 1 is 1.17 bits per heavy atom. The van der Waals surface area contributed by atoms with Crippen LogP contribution in [0.1, 0.15) is 0 Å². The van der Waals surface area contributed by atoms with Gasteiger partial charge in [0.15, 0.2) is 0 Å². The molecular weight excluding hydrogens is 310 g/mol. The number of hydrogen-bond acceptors (Lipinski definition) is 4. The van der Waals surface area contributed by atoms with E-state index in [0.29, 0.717) is 12.4 Å². The SMILES string of the molecule is C=CCOc1ccccc1-c1ccc(S(=O)(=O)C(=C)C#N)cc1. The molecular formula is C18H15NO3S. The highest BCUT2D eigenvalue weighted by Crippen LogP contribution is 2.31. The van der Waals surface area contributed by atoms with Crippen molar-refractivity contribution in [3.63, 3.8) is 0 Å². The molecule has 0 aromatic heterocycles. The van der Waals surface area contributed by atoms with E-state index in [-0.39, 0.29) is 4.90 Å². The maximum atomic E-state index is 12.1. The maximum absolute atomic E-state index is 12.1. The van der Waals surface area contributed by atoms with Crippen molar-refractivity contribution < 1.29 is 13.2 Å². The first-order valence-electron chi connectivity index (χ1n) is 6.78. The lowest BCUT2D eigenvalue weighted by atomic mass is 10.1. The Morgan fingerprint density at radius 2 is 1.83 bits per heavy atom. The maximum Gasteiger partial charge on any atom is 0.216 e. The highest BCUT2D eigenvalue weighted by molar-refractivity contribution is 7.95. The molecule has 5 heteroatoms. The Morgan fingerprint density at radius 3 is 2.43 bits per heavy atom. The Bertz CT molecular complexity index is 875. The second-order valence-electron chi connectivity index (χ2n) is 4.66. The topological polar surface area (TPSA) is 67.2 Å². The van der Waals surface area contributed by atoms with Crippen LogP contribution < -0.4 is 4.74 Å². The summed E-state index contributed by atoms with van der Waals surface area (Å²) in [4.78, 5) is -0.433. The molecule has 4 nitrogen and oxygen atoms in total. The first-order chi connectivity index (χ1) is 11.0. The molecule has 0 radical (unpaired) electrons. The van der Waals surface area contributed by atoms with Crippen LogP contribution in [0.2, 0.25) is 0 Å². The van der Waals surface area contributed by atoms with Gasteiger partial charge in [-0.1, -0.05) is 49.6 Å². The zero-order valence-electron chi connectivity index (χ0n) is 12.4. The van der Waals surface area contributed by atoms with Crippen molar-refractivity contribution in [2.45, 2.75) is 4.90 Å². The molecule has 0 unspecified atom stereocenters. The fraction of sp³-hybridized carbons (Fsp3) is 0.0556. The van der Waals surface area contributed by atoms with Gasteiger partial charge in [-0.3, -0.25) is 0 Å². The Hall–Kier alpha value is -2.84. The van der Waals surface area contributed by atoms with Crippen LogP contribution in [-0.4, -0.2) is 15.0 Å². The summed E-state index contributed by atoms with van der Waals surface area (Å²) in [6.45, 7) is 7.27. The molecule has 116 valence electrons. The molecule has 2 aromatic carbocycles. The highest BCUT2D eigenvalue weighted by Gasteiger charge is 2.18. The van der Waals surface area contributed by atoms with E-state index < -0.39 is 14.7 Å². The molecule has 0 heterocycles. The number of para-hydroxylation sites is 1.